The molecule has 0 aromatic heterocycles. The zero-order chi connectivity index (χ0) is 9.46. The van der Waals surface area contributed by atoms with Gasteiger partial charge in [-0.1, -0.05) is 0 Å². The number of phenolic OH excluding ortho intramolecular Hbond substituents is 2. The zero-order valence-corrected chi connectivity index (χ0v) is 9.65. The molecule has 0 heterocycles. The fourth-order valence-electron chi connectivity index (χ4n) is 0.636. The van der Waals surface area contributed by atoms with E-state index >= 15 is 0 Å². The Morgan fingerprint density at radius 3 is 1.08 bits per heavy atom. The van der Waals surface area contributed by atoms with Gasteiger partial charge in [0.25, 0.3) is 21.7 Å². The molecule has 0 amide bonds. The number of hydrogen-bond donors (Lipinski definition) is 2. The van der Waals surface area contributed by atoms with E-state index in [1.54, 1.807) is 0 Å². The van der Waals surface area contributed by atoms with Gasteiger partial charge in [-0.3, -0.25) is 19.2 Å². The Bertz CT molecular complexity index is 475. The smallest absolute Gasteiger partial charge is 0.501 e. The van der Waals surface area contributed by atoms with Crippen LogP contribution >= 0.6 is 0 Å². The third-order valence-electron chi connectivity index (χ3n) is 1.27. The topological polar surface area (TPSA) is 109 Å². The van der Waals surface area contributed by atoms with E-state index in [9.17, 15) is 19.2 Å². The van der Waals surface area contributed by atoms with Crippen LogP contribution in [0.2, 0.25) is 0 Å². The zero-order valence-electron chi connectivity index (χ0n) is 6.53. The Balaban J connectivity index is 0.00000144. The van der Waals surface area contributed by atoms with Crippen molar-refractivity contribution in [1.82, 2.24) is 0 Å². The monoisotopic (exact) mass is 209 g/mol. The third-order valence-corrected chi connectivity index (χ3v) is 1.27. The molecule has 1 aromatic carbocycles. The van der Waals surface area contributed by atoms with Crippen molar-refractivity contribution in [2.45, 2.75) is 0 Å². The van der Waals surface area contributed by atoms with E-state index < -0.39 is 33.2 Å². The van der Waals surface area contributed by atoms with Gasteiger partial charge in [0.2, 0.25) is 11.5 Å². The molecule has 0 aliphatic rings. The fraction of sp³-hybridized carbons (Fsp3) is 0. The summed E-state index contributed by atoms with van der Waals surface area (Å²) in [5, 5.41) is 17.2. The van der Waals surface area contributed by atoms with Gasteiger partial charge in [0.05, 0.1) is 0 Å². The van der Waals surface area contributed by atoms with Gasteiger partial charge in [-0.05, 0) is 0 Å². The molecule has 7 heteroatoms. The van der Waals surface area contributed by atoms with Gasteiger partial charge >= 0.3 is 51.4 Å². The van der Waals surface area contributed by atoms with Crippen molar-refractivity contribution in [1.29, 1.82) is 0 Å². The van der Waals surface area contributed by atoms with Crippen molar-refractivity contribution in [3.63, 3.8) is 0 Å². The summed E-state index contributed by atoms with van der Waals surface area (Å²) < 4.78 is 0. The van der Waals surface area contributed by atoms with Crippen LogP contribution < -0.4 is 73.1 Å². The molecular formula is C6H2KO6+. The maximum absolute atomic E-state index is 10.5. The second-order valence-corrected chi connectivity index (χ2v) is 2.01. The molecule has 0 unspecified atom stereocenters. The molecule has 0 saturated carbocycles. The van der Waals surface area contributed by atoms with E-state index in [1.165, 1.54) is 0 Å². The molecule has 1 aromatic rings. The summed E-state index contributed by atoms with van der Waals surface area (Å²) in [5.74, 6) is -2.74. The van der Waals surface area contributed by atoms with Crippen molar-refractivity contribution >= 4 is 0 Å². The van der Waals surface area contributed by atoms with Crippen molar-refractivity contribution in [2.24, 2.45) is 0 Å². The van der Waals surface area contributed by atoms with Crippen LogP contribution in [-0.4, -0.2) is 10.2 Å². The minimum atomic E-state index is -1.63. The Labute approximate surface area is 113 Å². The number of benzene rings is 1. The largest absolute Gasteiger partial charge is 1.00 e. The normalized spacial score (nSPS) is 9.23. The van der Waals surface area contributed by atoms with Crippen molar-refractivity contribution in [3.05, 3.63) is 40.9 Å². The molecule has 0 bridgehead atoms. The van der Waals surface area contributed by atoms with Crippen LogP contribution in [0.4, 0.5) is 0 Å². The second-order valence-electron chi connectivity index (χ2n) is 2.01. The van der Waals surface area contributed by atoms with Crippen LogP contribution in [0.3, 0.4) is 0 Å². The molecule has 0 saturated heterocycles. The van der Waals surface area contributed by atoms with Crippen molar-refractivity contribution in [2.75, 3.05) is 0 Å². The Morgan fingerprint density at radius 1 is 0.615 bits per heavy atom. The first-order valence-electron chi connectivity index (χ1n) is 2.76. The summed E-state index contributed by atoms with van der Waals surface area (Å²) in [5.41, 5.74) is -6.38. The standard InChI is InChI=1S/C6H2O6.K/c7-1-2(8)4(10)6(12)5(11)3(1)9;/h7-8H;/q;+1. The van der Waals surface area contributed by atoms with Gasteiger partial charge in [-0.25, -0.2) is 0 Å². The van der Waals surface area contributed by atoms with Crippen LogP contribution in [0.5, 0.6) is 11.5 Å². The van der Waals surface area contributed by atoms with Gasteiger partial charge < -0.3 is 10.2 Å². The first-order valence-corrected chi connectivity index (χ1v) is 2.76. The summed E-state index contributed by atoms with van der Waals surface area (Å²) in [6.45, 7) is 0. The molecule has 1 rings (SSSR count). The number of rotatable bonds is 0. The molecule has 13 heavy (non-hydrogen) atoms. The fourth-order valence-corrected chi connectivity index (χ4v) is 0.636. The molecule has 62 valence electrons. The van der Waals surface area contributed by atoms with Crippen molar-refractivity contribution in [3.8, 4) is 11.5 Å². The van der Waals surface area contributed by atoms with E-state index in [4.69, 9.17) is 10.2 Å². The molecule has 0 aliphatic heterocycles. The quantitative estimate of drug-likeness (QED) is 0.250. The van der Waals surface area contributed by atoms with E-state index in [0.717, 1.165) is 0 Å². The van der Waals surface area contributed by atoms with Crippen LogP contribution in [0.15, 0.2) is 19.2 Å². The molecule has 6 nitrogen and oxygen atoms in total. The minimum Gasteiger partial charge on any atom is -0.501 e. The Hall–Kier alpha value is -0.344. The number of hydrogen-bond acceptors (Lipinski definition) is 6. The summed E-state index contributed by atoms with van der Waals surface area (Å²) >= 11 is 0. The Kier molecular flexibility index (Phi) is 4.13. The van der Waals surface area contributed by atoms with Gasteiger partial charge in [0.15, 0.2) is 0 Å². The van der Waals surface area contributed by atoms with Crippen molar-refractivity contribution < 1.29 is 61.6 Å². The van der Waals surface area contributed by atoms with E-state index in [0.29, 0.717) is 0 Å². The summed E-state index contributed by atoms with van der Waals surface area (Å²) in [4.78, 5) is 41.9. The maximum atomic E-state index is 10.5. The van der Waals surface area contributed by atoms with Crippen LogP contribution in [0.25, 0.3) is 0 Å². The third kappa shape index (κ3) is 1.94. The second kappa shape index (κ2) is 4.25. The van der Waals surface area contributed by atoms with E-state index in [-0.39, 0.29) is 51.4 Å². The first kappa shape index (κ1) is 12.7. The molecule has 0 fully saturated rings. The predicted octanol–water partition coefficient (Wildman–Crippen LogP) is -5.58. The molecular weight excluding hydrogens is 207 g/mol. The van der Waals surface area contributed by atoms with E-state index in [1.807, 2.05) is 0 Å². The molecule has 0 spiro atoms. The first-order chi connectivity index (χ1) is 5.46. The molecule has 0 aliphatic carbocycles. The molecule has 0 atom stereocenters. The summed E-state index contributed by atoms with van der Waals surface area (Å²) in [6.07, 6.45) is 0. The average Bonchev–Trinajstić information content (AvgIpc) is 2.08. The maximum Gasteiger partial charge on any atom is 1.00 e. The van der Waals surface area contributed by atoms with Gasteiger partial charge in [-0.15, -0.1) is 0 Å². The minimum absolute atomic E-state index is 0. The van der Waals surface area contributed by atoms with E-state index in [2.05, 4.69) is 0 Å². The van der Waals surface area contributed by atoms with Gasteiger partial charge in [0.1, 0.15) is 0 Å². The van der Waals surface area contributed by atoms with Gasteiger partial charge in [0, 0.05) is 0 Å². The van der Waals surface area contributed by atoms with Crippen LogP contribution in [0.1, 0.15) is 0 Å². The summed E-state index contributed by atoms with van der Waals surface area (Å²) in [7, 11) is 0. The number of phenols is 2. The average molecular weight is 209 g/mol. The van der Waals surface area contributed by atoms with Gasteiger partial charge in [-0.2, -0.15) is 0 Å². The Morgan fingerprint density at radius 2 is 0.846 bits per heavy atom. The SMILES string of the molecule is O=c1c(O)c(O)c(=O)c(=O)c1=O.[K+]. The van der Waals surface area contributed by atoms with Crippen LogP contribution in [0, 0.1) is 0 Å². The predicted molar refractivity (Wildman–Crippen MR) is 37.2 cm³/mol. The molecule has 2 N–H and O–H groups in total. The number of aromatic hydroxyl groups is 2. The van der Waals surface area contributed by atoms with Crippen LogP contribution in [-0.2, 0) is 0 Å². The summed E-state index contributed by atoms with van der Waals surface area (Å²) in [6, 6.07) is 0. The molecule has 0 radical (unpaired) electrons.